The van der Waals surface area contributed by atoms with Crippen molar-refractivity contribution in [2.75, 3.05) is 5.32 Å². The summed E-state index contributed by atoms with van der Waals surface area (Å²) in [5, 5.41) is 12.4. The number of aromatic carboxylic acids is 1. The van der Waals surface area contributed by atoms with Crippen molar-refractivity contribution in [2.45, 2.75) is 26.7 Å². The van der Waals surface area contributed by atoms with Crippen LogP contribution in [-0.4, -0.2) is 22.0 Å². The van der Waals surface area contributed by atoms with E-state index in [4.69, 9.17) is 5.11 Å². The third-order valence-electron chi connectivity index (χ3n) is 2.88. The van der Waals surface area contributed by atoms with Crippen LogP contribution >= 0.6 is 11.3 Å². The molecule has 2 rings (SSSR count). The molecule has 0 unspecified atom stereocenters. The lowest BCUT2D eigenvalue weighted by atomic mass is 10.2. The molecule has 5 nitrogen and oxygen atoms in total. The van der Waals surface area contributed by atoms with E-state index >= 15 is 0 Å². The summed E-state index contributed by atoms with van der Waals surface area (Å²) in [6.07, 6.45) is 0.622. The highest BCUT2D eigenvalue weighted by Crippen LogP contribution is 2.20. The zero-order chi connectivity index (χ0) is 15.4. The Balaban J connectivity index is 2.07. The number of aryl methyl sites for hydroxylation is 2. The molecule has 0 saturated carbocycles. The minimum atomic E-state index is -0.991. The number of aromatic nitrogens is 1. The van der Waals surface area contributed by atoms with E-state index in [0.717, 1.165) is 22.6 Å². The summed E-state index contributed by atoms with van der Waals surface area (Å²) >= 11 is 1.06. The highest BCUT2D eigenvalue weighted by atomic mass is 32.1. The lowest BCUT2D eigenvalue weighted by Gasteiger charge is -2.04. The maximum absolute atomic E-state index is 12.0. The number of thiazole rings is 1. The molecule has 2 aromatic rings. The van der Waals surface area contributed by atoms with Crippen molar-refractivity contribution in [1.82, 2.24) is 4.98 Å². The van der Waals surface area contributed by atoms with Crippen LogP contribution in [0.5, 0.6) is 0 Å². The van der Waals surface area contributed by atoms with Crippen LogP contribution in [-0.2, 0) is 17.6 Å². The molecule has 0 aliphatic rings. The maximum atomic E-state index is 12.0. The molecule has 2 N–H and O–H groups in total. The molecule has 0 atom stereocenters. The van der Waals surface area contributed by atoms with Crippen molar-refractivity contribution >= 4 is 28.9 Å². The Kier molecular flexibility index (Phi) is 4.70. The Bertz CT molecular complexity index is 679. The molecule has 6 heteroatoms. The predicted molar refractivity (Wildman–Crippen MR) is 82.0 cm³/mol. The van der Waals surface area contributed by atoms with Crippen molar-refractivity contribution < 1.29 is 14.7 Å². The Morgan fingerprint density at radius 1 is 1.38 bits per heavy atom. The number of hydrogen-bond acceptors (Lipinski definition) is 4. The third kappa shape index (κ3) is 3.88. The normalized spacial score (nSPS) is 10.4. The predicted octanol–water partition coefficient (Wildman–Crippen LogP) is 2.89. The number of anilines is 1. The summed E-state index contributed by atoms with van der Waals surface area (Å²) in [6, 6.07) is 7.50. The SMILES string of the molecule is CCc1nc(CC(=O)Nc2cccc(C)c2)sc1C(=O)O. The fourth-order valence-electron chi connectivity index (χ4n) is 1.95. The summed E-state index contributed by atoms with van der Waals surface area (Å²) in [5.41, 5.74) is 2.32. The number of rotatable bonds is 5. The van der Waals surface area contributed by atoms with Crippen LogP contribution in [0.25, 0.3) is 0 Å². The van der Waals surface area contributed by atoms with Crippen LogP contribution in [0.4, 0.5) is 5.69 Å². The molecule has 0 bridgehead atoms. The molecule has 1 aromatic carbocycles. The van der Waals surface area contributed by atoms with E-state index in [-0.39, 0.29) is 17.2 Å². The summed E-state index contributed by atoms with van der Waals surface area (Å²) in [4.78, 5) is 27.5. The van der Waals surface area contributed by atoms with E-state index < -0.39 is 5.97 Å². The van der Waals surface area contributed by atoms with E-state index in [1.807, 2.05) is 38.1 Å². The molecule has 110 valence electrons. The average Bonchev–Trinajstić information content (AvgIpc) is 2.81. The number of benzene rings is 1. The van der Waals surface area contributed by atoms with Crippen LogP contribution < -0.4 is 5.32 Å². The van der Waals surface area contributed by atoms with Crippen molar-refractivity contribution in [2.24, 2.45) is 0 Å². The van der Waals surface area contributed by atoms with Crippen LogP contribution in [0.2, 0.25) is 0 Å². The molecule has 1 amide bonds. The van der Waals surface area contributed by atoms with Crippen LogP contribution in [0.1, 0.15) is 32.9 Å². The first-order chi connectivity index (χ1) is 9.99. The molecule has 1 aromatic heterocycles. The van der Waals surface area contributed by atoms with Crippen LogP contribution in [0.15, 0.2) is 24.3 Å². The van der Waals surface area contributed by atoms with Gasteiger partial charge in [0.05, 0.1) is 12.1 Å². The summed E-state index contributed by atoms with van der Waals surface area (Å²) < 4.78 is 0. The van der Waals surface area contributed by atoms with Gasteiger partial charge in [-0.25, -0.2) is 9.78 Å². The number of carbonyl (C=O) groups is 2. The summed E-state index contributed by atoms with van der Waals surface area (Å²) in [6.45, 7) is 3.79. The molecule has 21 heavy (non-hydrogen) atoms. The first-order valence-electron chi connectivity index (χ1n) is 6.58. The van der Waals surface area contributed by atoms with Gasteiger partial charge in [-0.15, -0.1) is 11.3 Å². The fourth-order valence-corrected chi connectivity index (χ4v) is 2.94. The van der Waals surface area contributed by atoms with Gasteiger partial charge in [0.1, 0.15) is 9.88 Å². The van der Waals surface area contributed by atoms with E-state index in [1.165, 1.54) is 0 Å². The number of amides is 1. The minimum absolute atomic E-state index is 0.0822. The number of nitrogens with one attached hydrogen (secondary N) is 1. The van der Waals surface area contributed by atoms with Gasteiger partial charge in [0.2, 0.25) is 5.91 Å². The smallest absolute Gasteiger partial charge is 0.347 e. The van der Waals surface area contributed by atoms with E-state index in [0.29, 0.717) is 17.1 Å². The lowest BCUT2D eigenvalue weighted by Crippen LogP contribution is -2.14. The number of carboxylic acids is 1. The van der Waals surface area contributed by atoms with E-state index in [1.54, 1.807) is 0 Å². The van der Waals surface area contributed by atoms with Crippen LogP contribution in [0.3, 0.4) is 0 Å². The standard InChI is InChI=1S/C15H16N2O3S/c1-3-11-14(15(19)20)21-13(17-11)8-12(18)16-10-6-4-5-9(2)7-10/h4-7H,3,8H2,1-2H3,(H,16,18)(H,19,20). The zero-order valence-electron chi connectivity index (χ0n) is 11.8. The van der Waals surface area contributed by atoms with Gasteiger partial charge < -0.3 is 10.4 Å². The second-order valence-corrected chi connectivity index (χ2v) is 5.72. The van der Waals surface area contributed by atoms with Crippen LogP contribution in [0, 0.1) is 6.92 Å². The molecule has 0 fully saturated rings. The number of carboxylic acid groups (broad SMARTS) is 1. The number of nitrogens with zero attached hydrogens (tertiary/aromatic N) is 1. The van der Waals surface area contributed by atoms with E-state index in [2.05, 4.69) is 10.3 Å². The first-order valence-corrected chi connectivity index (χ1v) is 7.39. The molecule has 0 saturated heterocycles. The Morgan fingerprint density at radius 2 is 2.14 bits per heavy atom. The molecule has 0 aliphatic heterocycles. The molecule has 0 aliphatic carbocycles. The van der Waals surface area contributed by atoms with Gasteiger partial charge in [0.15, 0.2) is 0 Å². The number of hydrogen-bond donors (Lipinski definition) is 2. The lowest BCUT2D eigenvalue weighted by molar-refractivity contribution is -0.115. The zero-order valence-corrected chi connectivity index (χ0v) is 12.7. The third-order valence-corrected chi connectivity index (χ3v) is 3.97. The van der Waals surface area contributed by atoms with Crippen molar-refractivity contribution in [1.29, 1.82) is 0 Å². The maximum Gasteiger partial charge on any atom is 0.347 e. The summed E-state index contributed by atoms with van der Waals surface area (Å²) in [7, 11) is 0. The molecule has 1 heterocycles. The first kappa shape index (κ1) is 15.2. The van der Waals surface area contributed by atoms with Gasteiger partial charge in [-0.05, 0) is 31.0 Å². The molecular weight excluding hydrogens is 288 g/mol. The van der Waals surface area contributed by atoms with Gasteiger partial charge in [0.25, 0.3) is 0 Å². The van der Waals surface area contributed by atoms with Gasteiger partial charge in [-0.2, -0.15) is 0 Å². The minimum Gasteiger partial charge on any atom is -0.477 e. The second kappa shape index (κ2) is 6.49. The monoisotopic (exact) mass is 304 g/mol. The van der Waals surface area contributed by atoms with Crippen molar-refractivity contribution in [3.8, 4) is 0 Å². The Labute approximate surface area is 126 Å². The molecule has 0 spiro atoms. The Hall–Kier alpha value is -2.21. The Morgan fingerprint density at radius 3 is 2.71 bits per heavy atom. The van der Waals surface area contributed by atoms with Gasteiger partial charge in [-0.1, -0.05) is 19.1 Å². The van der Waals surface area contributed by atoms with Gasteiger partial charge in [0, 0.05) is 5.69 Å². The molecular formula is C15H16N2O3S. The number of carbonyl (C=O) groups excluding carboxylic acids is 1. The highest BCUT2D eigenvalue weighted by molar-refractivity contribution is 7.13. The second-order valence-electron chi connectivity index (χ2n) is 4.64. The average molecular weight is 304 g/mol. The molecule has 0 radical (unpaired) electrons. The van der Waals surface area contributed by atoms with Gasteiger partial charge in [-0.3, -0.25) is 4.79 Å². The van der Waals surface area contributed by atoms with Crippen molar-refractivity contribution in [3.05, 3.63) is 45.4 Å². The van der Waals surface area contributed by atoms with Gasteiger partial charge >= 0.3 is 5.97 Å². The topological polar surface area (TPSA) is 79.3 Å². The van der Waals surface area contributed by atoms with Crippen molar-refractivity contribution in [3.63, 3.8) is 0 Å². The van der Waals surface area contributed by atoms with E-state index in [9.17, 15) is 9.59 Å². The highest BCUT2D eigenvalue weighted by Gasteiger charge is 2.17. The fraction of sp³-hybridized carbons (Fsp3) is 0.267. The summed E-state index contributed by atoms with van der Waals surface area (Å²) in [5.74, 6) is -1.19. The quantitative estimate of drug-likeness (QED) is 0.890. The largest absolute Gasteiger partial charge is 0.477 e.